The van der Waals surface area contributed by atoms with Crippen molar-refractivity contribution in [3.8, 4) is 0 Å². The van der Waals surface area contributed by atoms with Crippen LogP contribution in [0.4, 0.5) is 0 Å². The molecule has 216 valence electrons. The molecule has 3 rings (SSSR count). The van der Waals surface area contributed by atoms with Crippen LogP contribution in [0, 0.1) is 5.92 Å². The Bertz CT molecular complexity index is 746. The summed E-state index contributed by atoms with van der Waals surface area (Å²) in [6.45, 7) is 5.06. The minimum absolute atomic E-state index is 0.0670. The molecule has 0 amide bonds. The van der Waals surface area contributed by atoms with Gasteiger partial charge in [-0.25, -0.2) is 0 Å². The summed E-state index contributed by atoms with van der Waals surface area (Å²) < 4.78 is 18.2. The summed E-state index contributed by atoms with van der Waals surface area (Å²) in [6.07, 6.45) is -2.76. The van der Waals surface area contributed by atoms with Crippen molar-refractivity contribution in [2.45, 2.75) is 93.3 Å². The van der Waals surface area contributed by atoms with Crippen molar-refractivity contribution in [3.63, 3.8) is 0 Å². The molecule has 12 unspecified atom stereocenters. The van der Waals surface area contributed by atoms with Gasteiger partial charge in [0.05, 0.1) is 31.4 Å². The average molecular weight is 533 g/mol. The van der Waals surface area contributed by atoms with E-state index in [9.17, 15) is 20.4 Å². The van der Waals surface area contributed by atoms with Crippen LogP contribution in [0.25, 0.3) is 0 Å². The Balaban J connectivity index is 1.82. The van der Waals surface area contributed by atoms with Gasteiger partial charge in [-0.05, 0) is 39.4 Å². The van der Waals surface area contributed by atoms with E-state index in [4.69, 9.17) is 31.4 Å². The van der Waals surface area contributed by atoms with E-state index >= 15 is 0 Å². The lowest BCUT2D eigenvalue weighted by molar-refractivity contribution is -0.298. The number of aliphatic hydroxyl groups is 4. The second-order valence-electron chi connectivity index (χ2n) is 10.7. The molecule has 13 N–H and O–H groups in total. The number of hydrogen-bond acceptors (Lipinski definition) is 13. The zero-order valence-corrected chi connectivity index (χ0v) is 22.1. The lowest BCUT2D eigenvalue weighted by Gasteiger charge is -2.50. The molecule has 0 aromatic rings. The molecule has 37 heavy (non-hydrogen) atoms. The number of rotatable bonds is 11. The van der Waals surface area contributed by atoms with Gasteiger partial charge in [0.1, 0.15) is 29.7 Å². The van der Waals surface area contributed by atoms with E-state index < -0.39 is 66.5 Å². The van der Waals surface area contributed by atoms with Crippen LogP contribution in [-0.2, 0) is 14.2 Å². The predicted molar refractivity (Wildman–Crippen MR) is 137 cm³/mol. The molecular formula is C24H48N6O7. The molecule has 1 saturated carbocycles. The maximum absolute atomic E-state index is 11.7. The second-order valence-corrected chi connectivity index (χ2v) is 10.7. The molecule has 1 aliphatic carbocycles. The predicted octanol–water partition coefficient (Wildman–Crippen LogP) is -3.98. The molecule has 2 aliphatic heterocycles. The first kappa shape index (κ1) is 30.6. The molecule has 2 heterocycles. The summed E-state index contributed by atoms with van der Waals surface area (Å²) in [4.78, 5) is 0. The first-order valence-corrected chi connectivity index (χ1v) is 13.3. The fourth-order valence-corrected chi connectivity index (χ4v) is 5.64. The standard InChI is InChI=1S/C24H48N6O7/c1-4-29-10-13-5-6-14(26)20(36-13)17-15(27)7-16(30-9-12(31)8-25)21(18(17)32)37-23-19(33)22(28-3)24(2,34)11-35-23/h5,12,14-23,28-34H,4,6-11,25-27H2,1-3H3. The summed E-state index contributed by atoms with van der Waals surface area (Å²) in [6, 6.07) is -2.06. The van der Waals surface area contributed by atoms with Gasteiger partial charge < -0.3 is 67.8 Å². The van der Waals surface area contributed by atoms with Gasteiger partial charge in [-0.2, -0.15) is 0 Å². The monoisotopic (exact) mass is 532 g/mol. The molecule has 12 atom stereocenters. The lowest BCUT2D eigenvalue weighted by Crippen LogP contribution is -2.69. The molecular weight excluding hydrogens is 484 g/mol. The Hall–Kier alpha value is -0.940. The van der Waals surface area contributed by atoms with Crippen LogP contribution in [0.15, 0.2) is 11.8 Å². The zero-order chi connectivity index (χ0) is 27.3. The van der Waals surface area contributed by atoms with Crippen molar-refractivity contribution in [1.29, 1.82) is 0 Å². The van der Waals surface area contributed by atoms with Gasteiger partial charge in [-0.1, -0.05) is 6.92 Å². The molecule has 0 spiro atoms. The minimum atomic E-state index is -1.31. The van der Waals surface area contributed by atoms with Crippen LogP contribution >= 0.6 is 0 Å². The number of nitrogens with two attached hydrogens (primary N) is 3. The van der Waals surface area contributed by atoms with Gasteiger partial charge in [0, 0.05) is 37.1 Å². The Kier molecular flexibility index (Phi) is 11.1. The third-order valence-corrected chi connectivity index (χ3v) is 7.72. The molecule has 3 aliphatic rings. The van der Waals surface area contributed by atoms with Gasteiger partial charge in [0.15, 0.2) is 6.29 Å². The van der Waals surface area contributed by atoms with Crippen molar-refractivity contribution in [1.82, 2.24) is 16.0 Å². The smallest absolute Gasteiger partial charge is 0.185 e. The largest absolute Gasteiger partial charge is 0.492 e. The Morgan fingerprint density at radius 3 is 2.62 bits per heavy atom. The molecule has 13 nitrogen and oxygen atoms in total. The summed E-state index contributed by atoms with van der Waals surface area (Å²) in [7, 11) is 1.63. The van der Waals surface area contributed by atoms with Crippen LogP contribution in [-0.4, -0.2) is 127 Å². The third kappa shape index (κ3) is 7.18. The first-order valence-electron chi connectivity index (χ1n) is 13.3. The molecule has 0 aromatic carbocycles. The van der Waals surface area contributed by atoms with Gasteiger partial charge in [0.2, 0.25) is 0 Å². The topological polar surface area (TPSA) is 223 Å². The van der Waals surface area contributed by atoms with E-state index in [0.29, 0.717) is 19.4 Å². The van der Waals surface area contributed by atoms with Crippen molar-refractivity contribution in [2.24, 2.45) is 23.1 Å². The van der Waals surface area contributed by atoms with Crippen molar-refractivity contribution in [3.05, 3.63) is 11.8 Å². The van der Waals surface area contributed by atoms with Crippen LogP contribution in [0.2, 0.25) is 0 Å². The van der Waals surface area contributed by atoms with Crippen LogP contribution < -0.4 is 33.2 Å². The Morgan fingerprint density at radius 2 is 1.97 bits per heavy atom. The summed E-state index contributed by atoms with van der Waals surface area (Å²) in [5.74, 6) is 0.189. The van der Waals surface area contributed by atoms with E-state index in [0.717, 1.165) is 12.3 Å². The lowest BCUT2D eigenvalue weighted by atomic mass is 9.72. The van der Waals surface area contributed by atoms with Gasteiger partial charge in [0.25, 0.3) is 0 Å². The SMILES string of the molecule is CCNCC1=CCC(N)C(C2C(N)CC(NCC(O)CN)C(OC3OCC(C)(O)C(NC)C3O)C2O)O1. The molecule has 2 fully saturated rings. The van der Waals surface area contributed by atoms with E-state index in [1.807, 2.05) is 13.0 Å². The fourth-order valence-electron chi connectivity index (χ4n) is 5.64. The maximum atomic E-state index is 11.7. The van der Waals surface area contributed by atoms with Crippen LogP contribution in [0.3, 0.4) is 0 Å². The number of likely N-dealkylation sites (N-methyl/N-ethyl adjacent to an activating group) is 2. The Morgan fingerprint density at radius 1 is 1.24 bits per heavy atom. The summed E-state index contributed by atoms with van der Waals surface area (Å²) >= 11 is 0. The number of nitrogens with one attached hydrogen (secondary N) is 3. The van der Waals surface area contributed by atoms with Gasteiger partial charge in [-0.15, -0.1) is 0 Å². The second kappa shape index (κ2) is 13.4. The maximum Gasteiger partial charge on any atom is 0.185 e. The van der Waals surface area contributed by atoms with Crippen molar-refractivity contribution < 1.29 is 34.6 Å². The molecule has 0 radical (unpaired) electrons. The molecule has 0 aromatic heterocycles. The fraction of sp³-hybridized carbons (Fsp3) is 0.917. The summed E-state index contributed by atoms with van der Waals surface area (Å²) in [5.41, 5.74) is 17.3. The van der Waals surface area contributed by atoms with Crippen molar-refractivity contribution in [2.75, 3.05) is 39.8 Å². The van der Waals surface area contributed by atoms with E-state index in [2.05, 4.69) is 16.0 Å². The highest BCUT2D eigenvalue weighted by atomic mass is 16.7. The molecule has 13 heteroatoms. The number of hydrogen-bond donors (Lipinski definition) is 10. The zero-order valence-electron chi connectivity index (χ0n) is 22.1. The minimum Gasteiger partial charge on any atom is -0.492 e. The van der Waals surface area contributed by atoms with Gasteiger partial charge in [-0.3, -0.25) is 0 Å². The highest BCUT2D eigenvalue weighted by Gasteiger charge is 2.53. The van der Waals surface area contributed by atoms with Crippen molar-refractivity contribution >= 4 is 0 Å². The van der Waals surface area contributed by atoms with E-state index in [-0.39, 0.29) is 25.7 Å². The van der Waals surface area contributed by atoms with Crippen LogP contribution in [0.5, 0.6) is 0 Å². The highest BCUT2D eigenvalue weighted by molar-refractivity contribution is 5.10. The third-order valence-electron chi connectivity index (χ3n) is 7.72. The first-order chi connectivity index (χ1) is 17.5. The highest BCUT2D eigenvalue weighted by Crippen LogP contribution is 2.36. The van der Waals surface area contributed by atoms with Crippen LogP contribution in [0.1, 0.15) is 26.7 Å². The Labute approximate surface area is 219 Å². The quantitative estimate of drug-likeness (QED) is 0.123. The number of aliphatic hydroxyl groups excluding tert-OH is 3. The normalized spacial score (nSPS) is 43.7. The molecule has 1 saturated heterocycles. The van der Waals surface area contributed by atoms with E-state index in [1.165, 1.54) is 0 Å². The molecule has 0 bridgehead atoms. The van der Waals surface area contributed by atoms with Gasteiger partial charge >= 0.3 is 0 Å². The number of ether oxygens (including phenoxy) is 3. The summed E-state index contributed by atoms with van der Waals surface area (Å²) in [5, 5.41) is 52.6. The average Bonchev–Trinajstić information content (AvgIpc) is 2.85. The van der Waals surface area contributed by atoms with E-state index in [1.54, 1.807) is 14.0 Å².